The van der Waals surface area contributed by atoms with Gasteiger partial charge in [0.15, 0.2) is 0 Å². The van der Waals surface area contributed by atoms with Gasteiger partial charge < -0.3 is 10.0 Å². The second-order valence-electron chi connectivity index (χ2n) is 7.49. The summed E-state index contributed by atoms with van der Waals surface area (Å²) in [6, 6.07) is 14.1. The summed E-state index contributed by atoms with van der Waals surface area (Å²) < 4.78 is 0. The van der Waals surface area contributed by atoms with E-state index in [9.17, 15) is 9.90 Å². The molecule has 3 atom stereocenters. The van der Waals surface area contributed by atoms with E-state index in [-0.39, 0.29) is 11.8 Å². The van der Waals surface area contributed by atoms with Crippen LogP contribution in [0.15, 0.2) is 42.5 Å². The molecule has 2 aromatic rings. The van der Waals surface area contributed by atoms with Crippen LogP contribution in [0.3, 0.4) is 0 Å². The maximum absolute atomic E-state index is 13.0. The van der Waals surface area contributed by atoms with E-state index in [1.807, 2.05) is 41.3 Å². The number of carbonyl (C=O) groups is 1. The number of hydrogen-bond donors (Lipinski definition) is 1. The summed E-state index contributed by atoms with van der Waals surface area (Å²) in [6.07, 6.45) is 3.87. The van der Waals surface area contributed by atoms with E-state index < -0.39 is 5.60 Å². The molecule has 0 radical (unpaired) electrons. The molecule has 126 valence electrons. The molecule has 0 unspecified atom stereocenters. The van der Waals surface area contributed by atoms with Crippen LogP contribution in [0, 0.1) is 11.8 Å². The summed E-state index contributed by atoms with van der Waals surface area (Å²) in [4.78, 5) is 14.9. The molecule has 1 amide bonds. The number of nitrogens with zero attached hydrogens (tertiary/aromatic N) is 1. The Morgan fingerprint density at radius 1 is 1.21 bits per heavy atom. The highest BCUT2D eigenvalue weighted by atomic mass is 16.3. The van der Waals surface area contributed by atoms with Gasteiger partial charge in [0, 0.05) is 24.6 Å². The third-order valence-corrected chi connectivity index (χ3v) is 6.21. The van der Waals surface area contributed by atoms with Gasteiger partial charge in [-0.2, -0.15) is 0 Å². The van der Waals surface area contributed by atoms with E-state index in [1.165, 1.54) is 0 Å². The third-order valence-electron chi connectivity index (χ3n) is 6.21. The van der Waals surface area contributed by atoms with Crippen LogP contribution in [0.4, 0.5) is 0 Å². The van der Waals surface area contributed by atoms with E-state index in [4.69, 9.17) is 0 Å². The zero-order valence-corrected chi connectivity index (χ0v) is 14.2. The van der Waals surface area contributed by atoms with Gasteiger partial charge in [-0.1, -0.05) is 43.7 Å². The lowest BCUT2D eigenvalue weighted by Crippen LogP contribution is -2.44. The molecule has 1 N–H and O–H groups in total. The number of likely N-dealkylation sites (tertiary alicyclic amines) is 1. The summed E-state index contributed by atoms with van der Waals surface area (Å²) in [5, 5.41) is 13.2. The van der Waals surface area contributed by atoms with Crippen LogP contribution < -0.4 is 0 Å². The predicted octanol–water partition coefficient (Wildman–Crippen LogP) is 3.85. The largest absolute Gasteiger partial charge is 0.390 e. The SMILES string of the molecule is CC[C@@]1(O)CCC[C@@H]2CN(C(=O)c3ccc4ccccc4c3)C[C@@H]21. The average Bonchev–Trinajstić information content (AvgIpc) is 3.06. The second kappa shape index (κ2) is 5.89. The third kappa shape index (κ3) is 2.51. The second-order valence-corrected chi connectivity index (χ2v) is 7.49. The van der Waals surface area contributed by atoms with Crippen LogP contribution in [-0.4, -0.2) is 34.6 Å². The minimum Gasteiger partial charge on any atom is -0.390 e. The van der Waals surface area contributed by atoms with Crippen molar-refractivity contribution in [2.45, 2.75) is 38.2 Å². The highest BCUT2D eigenvalue weighted by Crippen LogP contribution is 2.44. The summed E-state index contributed by atoms with van der Waals surface area (Å²) >= 11 is 0. The minimum atomic E-state index is -0.582. The number of fused-ring (bicyclic) bond motifs is 2. The van der Waals surface area contributed by atoms with Crippen molar-refractivity contribution in [1.29, 1.82) is 0 Å². The van der Waals surface area contributed by atoms with Crippen LogP contribution in [0.1, 0.15) is 43.0 Å². The molecule has 1 saturated heterocycles. The van der Waals surface area contributed by atoms with Crippen molar-refractivity contribution in [2.24, 2.45) is 11.8 Å². The maximum atomic E-state index is 13.0. The zero-order chi connectivity index (χ0) is 16.7. The van der Waals surface area contributed by atoms with Gasteiger partial charge in [0.2, 0.25) is 0 Å². The first-order valence-corrected chi connectivity index (χ1v) is 9.11. The van der Waals surface area contributed by atoms with Gasteiger partial charge in [-0.25, -0.2) is 0 Å². The first-order valence-electron chi connectivity index (χ1n) is 9.11. The first kappa shape index (κ1) is 15.6. The van der Waals surface area contributed by atoms with Crippen molar-refractivity contribution in [2.75, 3.05) is 13.1 Å². The monoisotopic (exact) mass is 323 g/mol. The van der Waals surface area contributed by atoms with Gasteiger partial charge in [-0.15, -0.1) is 0 Å². The van der Waals surface area contributed by atoms with Crippen molar-refractivity contribution >= 4 is 16.7 Å². The maximum Gasteiger partial charge on any atom is 0.253 e. The number of benzene rings is 2. The Morgan fingerprint density at radius 2 is 2.00 bits per heavy atom. The van der Waals surface area contributed by atoms with Gasteiger partial charge in [0.1, 0.15) is 0 Å². The van der Waals surface area contributed by atoms with Crippen LogP contribution >= 0.6 is 0 Å². The highest BCUT2D eigenvalue weighted by molar-refractivity contribution is 5.98. The lowest BCUT2D eigenvalue weighted by Gasteiger charge is -2.40. The van der Waals surface area contributed by atoms with Crippen LogP contribution in [0.25, 0.3) is 10.8 Å². The molecule has 3 nitrogen and oxygen atoms in total. The van der Waals surface area contributed by atoms with Crippen LogP contribution in [-0.2, 0) is 0 Å². The lowest BCUT2D eigenvalue weighted by atomic mass is 9.69. The molecule has 2 fully saturated rings. The van der Waals surface area contributed by atoms with Crippen molar-refractivity contribution in [3.8, 4) is 0 Å². The van der Waals surface area contributed by atoms with Gasteiger partial charge in [0.25, 0.3) is 5.91 Å². The molecule has 0 spiro atoms. The molecule has 0 aromatic heterocycles. The summed E-state index contributed by atoms with van der Waals surface area (Å²) in [5.41, 5.74) is 0.175. The number of amides is 1. The van der Waals surface area contributed by atoms with Gasteiger partial charge in [-0.05, 0) is 48.1 Å². The molecular weight excluding hydrogens is 298 g/mol. The fraction of sp³-hybridized carbons (Fsp3) is 0.476. The Morgan fingerprint density at radius 3 is 2.79 bits per heavy atom. The summed E-state index contributed by atoms with van der Waals surface area (Å²) in [7, 11) is 0. The predicted molar refractivity (Wildman–Crippen MR) is 95.9 cm³/mol. The van der Waals surface area contributed by atoms with E-state index >= 15 is 0 Å². The minimum absolute atomic E-state index is 0.105. The fourth-order valence-corrected chi connectivity index (χ4v) is 4.74. The Bertz CT molecular complexity index is 771. The van der Waals surface area contributed by atoms with Gasteiger partial charge >= 0.3 is 0 Å². The van der Waals surface area contributed by atoms with Gasteiger partial charge in [0.05, 0.1) is 5.60 Å². The highest BCUT2D eigenvalue weighted by Gasteiger charge is 2.48. The first-order chi connectivity index (χ1) is 11.6. The average molecular weight is 323 g/mol. The molecule has 0 bridgehead atoms. The molecule has 1 saturated carbocycles. The van der Waals surface area contributed by atoms with E-state index in [2.05, 4.69) is 13.0 Å². The summed E-state index contributed by atoms with van der Waals surface area (Å²) in [6.45, 7) is 3.55. The number of rotatable bonds is 2. The molecule has 1 heterocycles. The van der Waals surface area contributed by atoms with Crippen LogP contribution in [0.2, 0.25) is 0 Å². The topological polar surface area (TPSA) is 40.5 Å². The molecule has 3 heteroatoms. The quantitative estimate of drug-likeness (QED) is 0.912. The molecule has 1 aliphatic carbocycles. The standard InChI is InChI=1S/C21H25NO2/c1-2-21(24)11-5-8-18-13-22(14-19(18)21)20(23)17-10-9-15-6-3-4-7-16(15)12-17/h3-4,6-7,9-10,12,18-19,24H,2,5,8,11,13-14H2,1H3/t18-,19+,21-/m1/s1. The number of carbonyl (C=O) groups excluding carboxylic acids is 1. The Labute approximate surface area is 143 Å². The smallest absolute Gasteiger partial charge is 0.253 e. The number of aliphatic hydroxyl groups is 1. The normalized spacial score (nSPS) is 29.7. The molecule has 2 aromatic carbocycles. The fourth-order valence-electron chi connectivity index (χ4n) is 4.74. The molecule has 2 aliphatic rings. The van der Waals surface area contributed by atoms with Crippen molar-refractivity contribution in [1.82, 2.24) is 4.90 Å². The van der Waals surface area contributed by atoms with Gasteiger partial charge in [-0.3, -0.25) is 4.79 Å². The Kier molecular flexibility index (Phi) is 3.84. The molecular formula is C21H25NO2. The van der Waals surface area contributed by atoms with Crippen molar-refractivity contribution in [3.63, 3.8) is 0 Å². The van der Waals surface area contributed by atoms with Crippen molar-refractivity contribution in [3.05, 3.63) is 48.0 Å². The molecule has 4 rings (SSSR count). The van der Waals surface area contributed by atoms with E-state index in [0.717, 1.165) is 48.6 Å². The Hall–Kier alpha value is -1.87. The Balaban J connectivity index is 1.58. The van der Waals surface area contributed by atoms with E-state index in [1.54, 1.807) is 0 Å². The summed E-state index contributed by atoms with van der Waals surface area (Å²) in [5.74, 6) is 0.794. The zero-order valence-electron chi connectivity index (χ0n) is 14.2. The van der Waals surface area contributed by atoms with Crippen LogP contribution in [0.5, 0.6) is 0 Å². The van der Waals surface area contributed by atoms with Crippen molar-refractivity contribution < 1.29 is 9.90 Å². The number of hydrogen-bond acceptors (Lipinski definition) is 2. The lowest BCUT2D eigenvalue weighted by molar-refractivity contribution is -0.0609. The van der Waals surface area contributed by atoms with E-state index in [0.29, 0.717) is 12.5 Å². The molecule has 1 aliphatic heterocycles. The molecule has 24 heavy (non-hydrogen) atoms.